The van der Waals surface area contributed by atoms with Crippen LogP contribution in [0.4, 0.5) is 11.4 Å². The highest BCUT2D eigenvalue weighted by Crippen LogP contribution is 2.22. The largest absolute Gasteiger partial charge is 0.372 e. The van der Waals surface area contributed by atoms with Crippen LogP contribution in [0.15, 0.2) is 41.8 Å². The Morgan fingerprint density at radius 3 is 2.42 bits per heavy atom. The number of ketones is 1. The number of carbonyl (C=O) groups excluding carboxylic acids is 2. The molecule has 1 amide bonds. The van der Waals surface area contributed by atoms with E-state index in [4.69, 9.17) is 4.74 Å². The van der Waals surface area contributed by atoms with E-state index in [9.17, 15) is 9.59 Å². The lowest BCUT2D eigenvalue weighted by Gasteiger charge is -2.36. The maximum atomic E-state index is 12.1. The molecule has 2 heterocycles. The molecule has 3 rings (SSSR count). The topological polar surface area (TPSA) is 58.6 Å². The zero-order valence-corrected chi connectivity index (χ0v) is 15.9. The number of anilines is 2. The number of Topliss-reactive ketones (excluding diaryl/α,β-unsaturated/α-hetero) is 1. The fourth-order valence-electron chi connectivity index (χ4n) is 3.16. The molecule has 1 aliphatic rings. The van der Waals surface area contributed by atoms with Crippen molar-refractivity contribution in [2.24, 2.45) is 0 Å². The zero-order chi connectivity index (χ0) is 18.5. The Morgan fingerprint density at radius 2 is 1.81 bits per heavy atom. The van der Waals surface area contributed by atoms with Crippen molar-refractivity contribution in [3.05, 3.63) is 46.7 Å². The van der Waals surface area contributed by atoms with Crippen molar-refractivity contribution in [3.8, 4) is 0 Å². The summed E-state index contributed by atoms with van der Waals surface area (Å²) in [4.78, 5) is 27.0. The van der Waals surface area contributed by atoms with Crippen molar-refractivity contribution in [1.29, 1.82) is 0 Å². The average Bonchev–Trinajstić information content (AvgIpc) is 3.14. The van der Waals surface area contributed by atoms with Crippen LogP contribution in [-0.4, -0.2) is 37.0 Å². The van der Waals surface area contributed by atoms with Crippen LogP contribution in [-0.2, 0) is 9.53 Å². The van der Waals surface area contributed by atoms with Gasteiger partial charge in [-0.3, -0.25) is 9.59 Å². The molecule has 0 bridgehead atoms. The first-order valence-corrected chi connectivity index (χ1v) is 9.76. The summed E-state index contributed by atoms with van der Waals surface area (Å²) in [5.41, 5.74) is 1.87. The summed E-state index contributed by atoms with van der Waals surface area (Å²) >= 11 is 1.41. The third kappa shape index (κ3) is 4.93. The number of ether oxygens (including phenoxy) is 1. The summed E-state index contributed by atoms with van der Waals surface area (Å²) in [6, 6.07) is 11.5. The summed E-state index contributed by atoms with van der Waals surface area (Å²) in [5, 5.41) is 4.73. The normalized spacial score (nSPS) is 20.0. The van der Waals surface area contributed by atoms with Gasteiger partial charge in [0, 0.05) is 37.3 Å². The predicted octanol–water partition coefficient (Wildman–Crippen LogP) is 3.96. The van der Waals surface area contributed by atoms with Gasteiger partial charge in [-0.2, -0.15) is 0 Å². The molecule has 1 aromatic carbocycles. The van der Waals surface area contributed by atoms with Gasteiger partial charge in [-0.1, -0.05) is 6.07 Å². The molecule has 0 spiro atoms. The number of carbonyl (C=O) groups is 2. The smallest absolute Gasteiger partial charge is 0.224 e. The Hall–Kier alpha value is -2.18. The van der Waals surface area contributed by atoms with Crippen molar-refractivity contribution in [2.45, 2.75) is 38.9 Å². The number of nitrogens with zero attached hydrogens (tertiary/aromatic N) is 1. The second-order valence-corrected chi connectivity index (χ2v) is 7.61. The molecule has 0 unspecified atom stereocenters. The second-order valence-electron chi connectivity index (χ2n) is 6.66. The maximum Gasteiger partial charge on any atom is 0.224 e. The van der Waals surface area contributed by atoms with Crippen LogP contribution in [0.25, 0.3) is 0 Å². The number of hydrogen-bond donors (Lipinski definition) is 1. The van der Waals surface area contributed by atoms with Crippen LogP contribution in [0.3, 0.4) is 0 Å². The van der Waals surface area contributed by atoms with Gasteiger partial charge in [0.25, 0.3) is 0 Å². The Balaban J connectivity index is 1.50. The number of amides is 1. The Kier molecular flexibility index (Phi) is 6.06. The number of nitrogens with one attached hydrogen (secondary N) is 1. The summed E-state index contributed by atoms with van der Waals surface area (Å²) in [6.45, 7) is 5.88. The van der Waals surface area contributed by atoms with Gasteiger partial charge in [0.2, 0.25) is 5.91 Å². The molecular weight excluding hydrogens is 348 g/mol. The van der Waals surface area contributed by atoms with Gasteiger partial charge in [0.1, 0.15) is 0 Å². The van der Waals surface area contributed by atoms with Gasteiger partial charge in [-0.15, -0.1) is 11.3 Å². The first-order chi connectivity index (χ1) is 12.5. The minimum absolute atomic E-state index is 0.0149. The minimum atomic E-state index is -0.142. The molecule has 1 N–H and O–H groups in total. The lowest BCUT2D eigenvalue weighted by molar-refractivity contribution is -0.116. The molecule has 6 heteroatoms. The molecule has 5 nitrogen and oxygen atoms in total. The van der Waals surface area contributed by atoms with Gasteiger partial charge < -0.3 is 15.0 Å². The molecule has 2 aromatic rings. The van der Waals surface area contributed by atoms with Crippen LogP contribution >= 0.6 is 11.3 Å². The van der Waals surface area contributed by atoms with Crippen molar-refractivity contribution in [1.82, 2.24) is 0 Å². The molecule has 0 radical (unpaired) electrons. The minimum Gasteiger partial charge on any atom is -0.372 e. The second kappa shape index (κ2) is 8.47. The first kappa shape index (κ1) is 18.6. The lowest BCUT2D eigenvalue weighted by atomic mass is 10.1. The molecule has 1 fully saturated rings. The van der Waals surface area contributed by atoms with E-state index in [0.717, 1.165) is 24.5 Å². The molecule has 26 heavy (non-hydrogen) atoms. The van der Waals surface area contributed by atoms with E-state index in [1.54, 1.807) is 6.07 Å². The van der Waals surface area contributed by atoms with E-state index >= 15 is 0 Å². The third-order valence-corrected chi connectivity index (χ3v) is 5.22. The summed E-state index contributed by atoms with van der Waals surface area (Å²) in [5.74, 6) is -0.127. The van der Waals surface area contributed by atoms with E-state index in [2.05, 4.69) is 24.1 Å². The van der Waals surface area contributed by atoms with Crippen LogP contribution in [0.5, 0.6) is 0 Å². The van der Waals surface area contributed by atoms with Gasteiger partial charge in [-0.25, -0.2) is 0 Å². The highest BCUT2D eigenvalue weighted by molar-refractivity contribution is 7.12. The van der Waals surface area contributed by atoms with Crippen molar-refractivity contribution in [3.63, 3.8) is 0 Å². The van der Waals surface area contributed by atoms with Gasteiger partial charge in [0.05, 0.1) is 17.1 Å². The molecule has 0 aliphatic carbocycles. The monoisotopic (exact) mass is 372 g/mol. The van der Waals surface area contributed by atoms with Crippen LogP contribution in [0, 0.1) is 0 Å². The molecule has 0 saturated carbocycles. The SMILES string of the molecule is C[C@@H]1CN(c2ccc(NC(=O)CCC(=O)c3cccs3)cc2)C[C@@H](C)O1. The van der Waals surface area contributed by atoms with Crippen LogP contribution in [0.1, 0.15) is 36.4 Å². The first-order valence-electron chi connectivity index (χ1n) is 8.88. The summed E-state index contributed by atoms with van der Waals surface area (Å²) in [6.07, 6.45) is 0.836. The maximum absolute atomic E-state index is 12.1. The molecule has 2 atom stereocenters. The number of benzene rings is 1. The Labute approximate surface area is 158 Å². The van der Waals surface area contributed by atoms with Crippen LogP contribution in [0.2, 0.25) is 0 Å². The number of morpholine rings is 1. The predicted molar refractivity (Wildman–Crippen MR) is 105 cm³/mol. The highest BCUT2D eigenvalue weighted by Gasteiger charge is 2.22. The van der Waals surface area contributed by atoms with E-state index in [-0.39, 0.29) is 36.7 Å². The van der Waals surface area contributed by atoms with Crippen molar-refractivity contribution < 1.29 is 14.3 Å². The fourth-order valence-corrected chi connectivity index (χ4v) is 3.85. The highest BCUT2D eigenvalue weighted by atomic mass is 32.1. The third-order valence-electron chi connectivity index (χ3n) is 4.31. The molecule has 1 aromatic heterocycles. The van der Waals surface area contributed by atoms with Gasteiger partial charge in [0.15, 0.2) is 5.78 Å². The molecule has 1 aliphatic heterocycles. The summed E-state index contributed by atoms with van der Waals surface area (Å²) in [7, 11) is 0. The number of rotatable bonds is 6. The van der Waals surface area contributed by atoms with Crippen LogP contribution < -0.4 is 10.2 Å². The molecule has 138 valence electrons. The van der Waals surface area contributed by atoms with Gasteiger partial charge >= 0.3 is 0 Å². The van der Waals surface area contributed by atoms with E-state index in [1.807, 2.05) is 35.7 Å². The Morgan fingerprint density at radius 1 is 1.12 bits per heavy atom. The summed E-state index contributed by atoms with van der Waals surface area (Å²) < 4.78 is 5.76. The van der Waals surface area contributed by atoms with E-state index in [0.29, 0.717) is 4.88 Å². The number of thiophene rings is 1. The van der Waals surface area contributed by atoms with E-state index < -0.39 is 0 Å². The fraction of sp³-hybridized carbons (Fsp3) is 0.400. The quantitative estimate of drug-likeness (QED) is 0.780. The van der Waals surface area contributed by atoms with Crippen molar-refractivity contribution >= 4 is 34.4 Å². The standard InChI is InChI=1S/C20H24N2O3S/c1-14-12-22(13-15(2)25-14)17-7-5-16(6-8-17)21-20(24)10-9-18(23)19-4-3-11-26-19/h3-8,11,14-15H,9-10,12-13H2,1-2H3,(H,21,24)/t14-,15-/m1/s1. The van der Waals surface area contributed by atoms with Gasteiger partial charge in [-0.05, 0) is 49.6 Å². The lowest BCUT2D eigenvalue weighted by Crippen LogP contribution is -2.45. The zero-order valence-electron chi connectivity index (χ0n) is 15.1. The van der Waals surface area contributed by atoms with Crippen molar-refractivity contribution in [2.75, 3.05) is 23.3 Å². The molecular formula is C20H24N2O3S. The van der Waals surface area contributed by atoms with E-state index in [1.165, 1.54) is 11.3 Å². The number of hydrogen-bond acceptors (Lipinski definition) is 5. The Bertz CT molecular complexity index is 733. The average molecular weight is 372 g/mol. The molecule has 1 saturated heterocycles.